The van der Waals surface area contributed by atoms with Gasteiger partial charge in [-0.05, 0) is 73.7 Å². The third-order valence-electron chi connectivity index (χ3n) is 6.35. The Labute approximate surface area is 206 Å². The molecule has 34 heavy (non-hydrogen) atoms. The number of rotatable bonds is 5. The van der Waals surface area contributed by atoms with Crippen molar-refractivity contribution in [2.45, 2.75) is 27.2 Å². The Balaban J connectivity index is 1.37. The van der Waals surface area contributed by atoms with E-state index >= 15 is 0 Å². The highest BCUT2D eigenvalue weighted by molar-refractivity contribution is 9.10. The standard InChI is InChI=1S/C26H25BrN2O5/c1-14-5-4-6-19-23(14)25(32)29(24(19)31)18-9-7-17(8-10-18)26(33)34-13-22(30)28-21-12-15(2)20(27)11-16(21)3/h4-5,7-12,14,19,23H,6,13H2,1-3H3,(H,28,30)/t14-,19+,23-/m0/s1. The Bertz CT molecular complexity index is 1200. The number of ether oxygens (including phenoxy) is 1. The summed E-state index contributed by atoms with van der Waals surface area (Å²) in [4.78, 5) is 51.6. The van der Waals surface area contributed by atoms with Crippen LogP contribution in [0.3, 0.4) is 0 Å². The normalized spacial score (nSPS) is 21.4. The van der Waals surface area contributed by atoms with Gasteiger partial charge in [0.2, 0.25) is 11.8 Å². The van der Waals surface area contributed by atoms with E-state index in [1.807, 2.05) is 45.1 Å². The molecule has 8 heteroatoms. The summed E-state index contributed by atoms with van der Waals surface area (Å²) in [5, 5.41) is 2.75. The van der Waals surface area contributed by atoms with Gasteiger partial charge in [0, 0.05) is 10.2 Å². The molecule has 176 valence electrons. The van der Waals surface area contributed by atoms with Crippen molar-refractivity contribution in [1.29, 1.82) is 0 Å². The molecule has 0 spiro atoms. The first kappa shape index (κ1) is 23.9. The molecular formula is C26H25BrN2O5. The van der Waals surface area contributed by atoms with Crippen LogP contribution >= 0.6 is 15.9 Å². The summed E-state index contributed by atoms with van der Waals surface area (Å²) in [5.74, 6) is -2.23. The number of benzene rings is 2. The summed E-state index contributed by atoms with van der Waals surface area (Å²) >= 11 is 3.45. The van der Waals surface area contributed by atoms with Crippen LogP contribution in [0.2, 0.25) is 0 Å². The molecule has 4 rings (SSSR count). The highest BCUT2D eigenvalue weighted by Crippen LogP contribution is 2.40. The number of esters is 1. The van der Waals surface area contributed by atoms with E-state index in [9.17, 15) is 19.2 Å². The fraction of sp³-hybridized carbons (Fsp3) is 0.308. The van der Waals surface area contributed by atoms with Gasteiger partial charge >= 0.3 is 5.97 Å². The molecule has 0 radical (unpaired) electrons. The van der Waals surface area contributed by atoms with E-state index in [4.69, 9.17) is 4.74 Å². The maximum atomic E-state index is 12.9. The fourth-order valence-electron chi connectivity index (χ4n) is 4.46. The highest BCUT2D eigenvalue weighted by Gasteiger charge is 2.50. The molecule has 0 unspecified atom stereocenters. The molecule has 1 saturated heterocycles. The smallest absolute Gasteiger partial charge is 0.338 e. The molecule has 2 aromatic rings. The van der Waals surface area contributed by atoms with E-state index < -0.39 is 18.5 Å². The van der Waals surface area contributed by atoms with Crippen molar-refractivity contribution in [2.24, 2.45) is 17.8 Å². The van der Waals surface area contributed by atoms with Gasteiger partial charge < -0.3 is 10.1 Å². The molecule has 0 bridgehead atoms. The number of hydrogen-bond donors (Lipinski definition) is 1. The number of nitrogens with one attached hydrogen (secondary N) is 1. The molecule has 2 aliphatic rings. The predicted octanol–water partition coefficient (Wildman–Crippen LogP) is 4.56. The van der Waals surface area contributed by atoms with E-state index in [-0.39, 0.29) is 35.1 Å². The number of carbonyl (C=O) groups excluding carboxylic acids is 4. The number of nitrogens with zero attached hydrogens (tertiary/aromatic N) is 1. The summed E-state index contributed by atoms with van der Waals surface area (Å²) in [6, 6.07) is 9.82. The third-order valence-corrected chi connectivity index (χ3v) is 7.20. The number of anilines is 2. The third kappa shape index (κ3) is 4.55. The zero-order valence-electron chi connectivity index (χ0n) is 19.1. The summed E-state index contributed by atoms with van der Waals surface area (Å²) in [7, 11) is 0. The van der Waals surface area contributed by atoms with Crippen LogP contribution in [-0.4, -0.2) is 30.3 Å². The lowest BCUT2D eigenvalue weighted by Crippen LogP contribution is -2.31. The largest absolute Gasteiger partial charge is 0.452 e. The Morgan fingerprint density at radius 3 is 2.47 bits per heavy atom. The Morgan fingerprint density at radius 2 is 1.79 bits per heavy atom. The van der Waals surface area contributed by atoms with Crippen molar-refractivity contribution in [3.05, 3.63) is 69.7 Å². The minimum atomic E-state index is -0.670. The zero-order chi connectivity index (χ0) is 24.6. The molecule has 1 N–H and O–H groups in total. The monoisotopic (exact) mass is 524 g/mol. The Morgan fingerprint density at radius 1 is 1.09 bits per heavy atom. The quantitative estimate of drug-likeness (QED) is 0.351. The van der Waals surface area contributed by atoms with Crippen molar-refractivity contribution in [2.75, 3.05) is 16.8 Å². The number of imide groups is 1. The molecule has 0 aromatic heterocycles. The summed E-state index contributed by atoms with van der Waals surface area (Å²) in [5.41, 5.74) is 3.14. The van der Waals surface area contributed by atoms with Crippen molar-refractivity contribution in [3.63, 3.8) is 0 Å². The van der Waals surface area contributed by atoms with Crippen molar-refractivity contribution in [1.82, 2.24) is 0 Å². The number of amides is 3. The molecule has 3 amide bonds. The average Bonchev–Trinajstić information content (AvgIpc) is 3.07. The van der Waals surface area contributed by atoms with Crippen LogP contribution in [0.25, 0.3) is 0 Å². The Hall–Kier alpha value is -3.26. The van der Waals surface area contributed by atoms with Crippen LogP contribution in [0.1, 0.15) is 34.8 Å². The molecule has 2 aromatic carbocycles. The molecule has 1 fully saturated rings. The average molecular weight is 525 g/mol. The van der Waals surface area contributed by atoms with Crippen LogP contribution in [-0.2, 0) is 19.1 Å². The second-order valence-corrected chi connectivity index (χ2v) is 9.61. The molecule has 0 saturated carbocycles. The number of fused-ring (bicyclic) bond motifs is 1. The van der Waals surface area contributed by atoms with Crippen LogP contribution in [0, 0.1) is 31.6 Å². The number of carbonyl (C=O) groups is 4. The van der Waals surface area contributed by atoms with Crippen molar-refractivity contribution < 1.29 is 23.9 Å². The van der Waals surface area contributed by atoms with Gasteiger partial charge in [-0.2, -0.15) is 0 Å². The van der Waals surface area contributed by atoms with Gasteiger partial charge in [0.25, 0.3) is 5.91 Å². The minimum Gasteiger partial charge on any atom is -0.452 e. The fourth-order valence-corrected chi connectivity index (χ4v) is 4.92. The van der Waals surface area contributed by atoms with Gasteiger partial charge in [0.05, 0.1) is 23.1 Å². The van der Waals surface area contributed by atoms with E-state index in [1.165, 1.54) is 17.0 Å². The van der Waals surface area contributed by atoms with E-state index in [0.29, 0.717) is 17.8 Å². The number of halogens is 1. The lowest BCUT2D eigenvalue weighted by Gasteiger charge is -2.22. The number of aryl methyl sites for hydroxylation is 2. The lowest BCUT2D eigenvalue weighted by molar-refractivity contribution is -0.123. The maximum Gasteiger partial charge on any atom is 0.338 e. The van der Waals surface area contributed by atoms with Gasteiger partial charge in [0.1, 0.15) is 0 Å². The molecule has 1 aliphatic carbocycles. The van der Waals surface area contributed by atoms with Gasteiger partial charge in [-0.1, -0.05) is 35.0 Å². The van der Waals surface area contributed by atoms with Gasteiger partial charge in [-0.3, -0.25) is 19.3 Å². The van der Waals surface area contributed by atoms with Crippen LogP contribution < -0.4 is 10.2 Å². The first-order valence-electron chi connectivity index (χ1n) is 11.1. The molecule has 1 heterocycles. The number of allylic oxidation sites excluding steroid dienone is 2. The second-order valence-electron chi connectivity index (χ2n) is 8.75. The lowest BCUT2D eigenvalue weighted by atomic mass is 9.78. The minimum absolute atomic E-state index is 0.00529. The van der Waals surface area contributed by atoms with E-state index in [0.717, 1.165) is 15.6 Å². The van der Waals surface area contributed by atoms with Gasteiger partial charge in [-0.15, -0.1) is 0 Å². The van der Waals surface area contributed by atoms with Crippen LogP contribution in [0.4, 0.5) is 11.4 Å². The van der Waals surface area contributed by atoms with Crippen molar-refractivity contribution >= 4 is 51.0 Å². The second kappa shape index (κ2) is 9.54. The summed E-state index contributed by atoms with van der Waals surface area (Å²) < 4.78 is 6.08. The summed E-state index contributed by atoms with van der Waals surface area (Å²) in [6.07, 6.45) is 4.49. The van der Waals surface area contributed by atoms with Crippen LogP contribution in [0.15, 0.2) is 53.0 Å². The molecule has 1 aliphatic heterocycles. The predicted molar refractivity (Wildman–Crippen MR) is 131 cm³/mol. The molecule has 3 atom stereocenters. The first-order valence-corrected chi connectivity index (χ1v) is 11.8. The van der Waals surface area contributed by atoms with E-state index in [1.54, 1.807) is 12.1 Å². The van der Waals surface area contributed by atoms with Gasteiger partial charge in [0.15, 0.2) is 6.61 Å². The molecule has 7 nitrogen and oxygen atoms in total. The Kier molecular flexibility index (Phi) is 6.70. The number of hydrogen-bond acceptors (Lipinski definition) is 5. The highest BCUT2D eigenvalue weighted by atomic mass is 79.9. The van der Waals surface area contributed by atoms with Crippen LogP contribution in [0.5, 0.6) is 0 Å². The van der Waals surface area contributed by atoms with Gasteiger partial charge in [-0.25, -0.2) is 4.79 Å². The first-order chi connectivity index (χ1) is 16.2. The molecular weight excluding hydrogens is 500 g/mol. The topological polar surface area (TPSA) is 92.8 Å². The van der Waals surface area contributed by atoms with Crippen molar-refractivity contribution in [3.8, 4) is 0 Å². The summed E-state index contributed by atoms with van der Waals surface area (Å²) in [6.45, 7) is 5.29. The SMILES string of the molecule is Cc1cc(NC(=O)COC(=O)c2ccc(N3C(=O)[C@H]4[C@@H](C)C=CC[C@H]4C3=O)cc2)c(C)cc1Br. The van der Waals surface area contributed by atoms with E-state index in [2.05, 4.69) is 21.2 Å². The maximum absolute atomic E-state index is 12.9. The zero-order valence-corrected chi connectivity index (χ0v) is 20.7.